The summed E-state index contributed by atoms with van der Waals surface area (Å²) in [5.41, 5.74) is 11.4. The number of nitrogens with zero attached hydrogens (tertiary/aromatic N) is 5. The van der Waals surface area contributed by atoms with Crippen molar-refractivity contribution in [2.24, 2.45) is 17.6 Å². The van der Waals surface area contributed by atoms with Crippen LogP contribution in [0.1, 0.15) is 83.6 Å². The number of nitrogens with one attached hydrogen (secondary N) is 4. The summed E-state index contributed by atoms with van der Waals surface area (Å²) in [6, 6.07) is 27.8. The molecule has 3 heterocycles. The Hall–Kier alpha value is -7.94. The van der Waals surface area contributed by atoms with Gasteiger partial charge in [-0.3, -0.25) is 38.3 Å². The largest absolute Gasteiger partial charge is 0.379 e. The van der Waals surface area contributed by atoms with Gasteiger partial charge in [-0.1, -0.05) is 99.0 Å². The number of para-hydroxylation sites is 1. The van der Waals surface area contributed by atoms with Crippen molar-refractivity contribution < 1.29 is 52.3 Å². The number of unbranched alkanes of at least 4 members (excludes halogenated alkanes) is 4. The first-order chi connectivity index (χ1) is 38.3. The maximum absolute atomic E-state index is 13.8. The Morgan fingerprint density at radius 2 is 1.35 bits per heavy atom. The molecule has 20 nitrogen and oxygen atoms in total. The second kappa shape index (κ2) is 32.7. The molecule has 0 fully saturated rings. The van der Waals surface area contributed by atoms with E-state index >= 15 is 0 Å². The summed E-state index contributed by atoms with van der Waals surface area (Å²) in [7, 11) is 0. The van der Waals surface area contributed by atoms with Crippen LogP contribution in [0.5, 0.6) is 0 Å². The normalized spacial score (nSPS) is 12.9. The number of aromatic nitrogens is 4. The van der Waals surface area contributed by atoms with Crippen molar-refractivity contribution in [1.82, 2.24) is 30.5 Å². The lowest BCUT2D eigenvalue weighted by molar-refractivity contribution is -0.687. The number of carbonyl (C=O) groups excluding carboxylic acids is 7. The first kappa shape index (κ1) is 60.3. The fourth-order valence-corrected chi connectivity index (χ4v) is 8.86. The van der Waals surface area contributed by atoms with E-state index < -0.39 is 18.0 Å². The summed E-state index contributed by atoms with van der Waals surface area (Å²) in [4.78, 5) is 88.9. The summed E-state index contributed by atoms with van der Waals surface area (Å²) in [5.74, 6) is -2.74. The van der Waals surface area contributed by atoms with E-state index in [1.54, 1.807) is 0 Å². The molecule has 0 bridgehead atoms. The predicted molar refractivity (Wildman–Crippen MR) is 298 cm³/mol. The van der Waals surface area contributed by atoms with Gasteiger partial charge in [-0.05, 0) is 61.4 Å². The van der Waals surface area contributed by atoms with Crippen LogP contribution >= 0.6 is 0 Å². The number of rotatable bonds is 36. The zero-order valence-corrected chi connectivity index (χ0v) is 45.3. The van der Waals surface area contributed by atoms with E-state index in [1.165, 1.54) is 12.2 Å². The van der Waals surface area contributed by atoms with Gasteiger partial charge in [0.15, 0.2) is 24.7 Å². The quantitative estimate of drug-likeness (QED) is 0.0166. The number of benzene rings is 3. The molecular formula is C59H75N10O10+. The van der Waals surface area contributed by atoms with Crippen LogP contribution in [-0.2, 0) is 56.1 Å². The summed E-state index contributed by atoms with van der Waals surface area (Å²) in [5, 5.41) is 20.2. The Labute approximate surface area is 461 Å². The molecule has 0 saturated heterocycles. The van der Waals surface area contributed by atoms with Gasteiger partial charge in [0.2, 0.25) is 17.7 Å². The van der Waals surface area contributed by atoms with Crippen LogP contribution in [0.4, 0.5) is 16.2 Å². The van der Waals surface area contributed by atoms with Crippen molar-refractivity contribution >= 4 is 52.7 Å². The average molecular weight is 1080 g/mol. The minimum Gasteiger partial charge on any atom is -0.379 e. The van der Waals surface area contributed by atoms with E-state index in [2.05, 4.69) is 31.6 Å². The number of amides is 7. The minimum atomic E-state index is -0.841. The Morgan fingerprint density at radius 1 is 0.684 bits per heavy atom. The molecule has 2 atom stereocenters. The number of carbonyl (C=O) groups is 7. The van der Waals surface area contributed by atoms with Gasteiger partial charge in [0.05, 0.1) is 64.0 Å². The van der Waals surface area contributed by atoms with Crippen molar-refractivity contribution in [1.29, 1.82) is 0 Å². The fraction of sp³-hybridized carbons (Fsp3) is 0.424. The van der Waals surface area contributed by atoms with E-state index in [0.717, 1.165) is 77.2 Å². The van der Waals surface area contributed by atoms with Crippen LogP contribution in [0.3, 0.4) is 0 Å². The molecule has 20 heteroatoms. The Morgan fingerprint density at radius 3 is 2.09 bits per heavy atom. The topological polar surface area (TPSA) is 259 Å². The molecule has 79 heavy (non-hydrogen) atoms. The van der Waals surface area contributed by atoms with Gasteiger partial charge in [0.25, 0.3) is 11.8 Å². The summed E-state index contributed by atoms with van der Waals surface area (Å²) < 4.78 is 20.4. The number of ketones is 1. The third kappa shape index (κ3) is 21.1. The van der Waals surface area contributed by atoms with Gasteiger partial charge in [0.1, 0.15) is 5.69 Å². The summed E-state index contributed by atoms with van der Waals surface area (Å²) >= 11 is 0. The van der Waals surface area contributed by atoms with E-state index in [0.29, 0.717) is 25.1 Å². The fourth-order valence-electron chi connectivity index (χ4n) is 8.86. The number of nitrogens with two attached hydrogens (primary N) is 1. The molecule has 1 aliphatic heterocycles. The molecule has 5 aromatic rings. The number of aryl methyl sites for hydroxylation is 1. The van der Waals surface area contributed by atoms with Gasteiger partial charge >= 0.3 is 6.03 Å². The van der Waals surface area contributed by atoms with E-state index in [1.807, 2.05) is 133 Å². The molecule has 0 saturated carbocycles. The third-order valence-corrected chi connectivity index (χ3v) is 13.1. The molecule has 0 spiro atoms. The van der Waals surface area contributed by atoms with E-state index in [4.69, 9.17) is 19.9 Å². The standard InChI is InChI=1S/C59H74N10O10/c1-43(2)57(64-54(72)28-33-77-35-37-79-38-36-78-34-32-69-55(73)26-27-56(69)74)52(70)39-46(17-13-29-61-59(60)76)58(75)62-48-24-22-44(23-25-48)40-67-30-14-18-47(41-67)51-42-68(66-65-51)31-12-5-3-4-9-21-53(71)63-50-20-11-10-19-49(50)45-15-7-6-8-16-45/h6-8,10-11,14-16,18-20,22-27,30,41-43,46,57H,3-5,9,12-13,17,21,28-29,31-40H2,1-2H3,(H5-,60,61,62,63,64,71,72,75,76)/p+1/t46-,57+/m1/s1. The van der Waals surface area contributed by atoms with Crippen molar-refractivity contribution in [2.45, 2.75) is 97.2 Å². The van der Waals surface area contributed by atoms with Gasteiger partial charge < -0.3 is 41.2 Å². The molecule has 0 radical (unpaired) electrons. The van der Waals surface area contributed by atoms with Crippen LogP contribution in [-0.4, -0.2) is 120 Å². The summed E-state index contributed by atoms with van der Waals surface area (Å²) in [6.45, 7) is 6.67. The number of anilines is 2. The van der Waals surface area contributed by atoms with E-state index in [9.17, 15) is 33.6 Å². The molecule has 6 rings (SSSR count). The van der Waals surface area contributed by atoms with Crippen LogP contribution in [0.25, 0.3) is 22.4 Å². The van der Waals surface area contributed by atoms with Crippen LogP contribution in [0, 0.1) is 11.8 Å². The zero-order valence-electron chi connectivity index (χ0n) is 45.3. The first-order valence-electron chi connectivity index (χ1n) is 27.2. The number of urea groups is 1. The van der Waals surface area contributed by atoms with Gasteiger partial charge in [-0.2, -0.15) is 0 Å². The number of hydrogen-bond acceptors (Lipinski definition) is 12. The number of pyridine rings is 1. The highest BCUT2D eigenvalue weighted by molar-refractivity contribution is 6.12. The Balaban J connectivity index is 0.885. The van der Waals surface area contributed by atoms with Crippen molar-refractivity contribution in [3.05, 3.63) is 127 Å². The number of primary amides is 1. The highest BCUT2D eigenvalue weighted by Crippen LogP contribution is 2.28. The number of hydrogen-bond donors (Lipinski definition) is 5. The van der Waals surface area contributed by atoms with Crippen LogP contribution in [0.2, 0.25) is 0 Å². The monoisotopic (exact) mass is 1080 g/mol. The molecule has 3 aromatic carbocycles. The number of imide groups is 1. The maximum atomic E-state index is 13.8. The molecule has 6 N–H and O–H groups in total. The average Bonchev–Trinajstić information content (AvgIpc) is 4.06. The lowest BCUT2D eigenvalue weighted by atomic mass is 9.89. The van der Waals surface area contributed by atoms with Crippen molar-refractivity contribution in [2.75, 3.05) is 63.4 Å². The number of Topliss-reactive ketones (excluding diaryl/α,β-unsaturated/α-hetero) is 1. The number of ether oxygens (including phenoxy) is 3. The molecule has 420 valence electrons. The van der Waals surface area contributed by atoms with Crippen LogP contribution in [0.15, 0.2) is 122 Å². The predicted octanol–water partition coefficient (Wildman–Crippen LogP) is 6.40. The van der Waals surface area contributed by atoms with Gasteiger partial charge in [-0.15, -0.1) is 5.10 Å². The Kier molecular flexibility index (Phi) is 25.0. The summed E-state index contributed by atoms with van der Waals surface area (Å²) in [6.07, 6.45) is 14.2. The second-order valence-electron chi connectivity index (χ2n) is 19.6. The van der Waals surface area contributed by atoms with Crippen molar-refractivity contribution in [3.63, 3.8) is 0 Å². The highest BCUT2D eigenvalue weighted by atomic mass is 16.5. The molecule has 0 unspecified atom stereocenters. The third-order valence-electron chi connectivity index (χ3n) is 13.1. The van der Waals surface area contributed by atoms with Crippen LogP contribution < -0.4 is 31.6 Å². The lowest BCUT2D eigenvalue weighted by Gasteiger charge is -2.24. The van der Waals surface area contributed by atoms with Crippen molar-refractivity contribution in [3.8, 4) is 22.4 Å². The highest BCUT2D eigenvalue weighted by Gasteiger charge is 2.30. The molecular weight excluding hydrogens is 1010 g/mol. The minimum absolute atomic E-state index is 0.00912. The SMILES string of the molecule is CC(C)[C@H](NC(=O)CCOCCOCCOCCN1C(=O)C=CC1=O)C(=O)C[C@@H](CCCNC(N)=O)C(=O)Nc1ccc(C[n+]2cccc(-c3cn(CCCCCCCC(=O)Nc4ccccc4-c4ccccc4)nn3)c2)cc1. The zero-order chi connectivity index (χ0) is 56.2. The molecule has 2 aromatic heterocycles. The Bertz CT molecular complexity index is 2790. The molecule has 1 aliphatic rings. The first-order valence-corrected chi connectivity index (χ1v) is 27.2. The van der Waals surface area contributed by atoms with Gasteiger partial charge in [-0.25, -0.2) is 9.36 Å². The van der Waals surface area contributed by atoms with Gasteiger partial charge in [0, 0.05) is 79.0 Å². The molecule has 0 aliphatic carbocycles. The smallest absolute Gasteiger partial charge is 0.312 e. The molecule has 7 amide bonds. The van der Waals surface area contributed by atoms with E-state index in [-0.39, 0.29) is 113 Å². The maximum Gasteiger partial charge on any atom is 0.312 e. The lowest BCUT2D eigenvalue weighted by Crippen LogP contribution is -2.45. The second-order valence-corrected chi connectivity index (χ2v) is 19.6.